The van der Waals surface area contributed by atoms with E-state index in [9.17, 15) is 9.90 Å². The Morgan fingerprint density at radius 1 is 1.27 bits per heavy atom. The molecular weight excluding hydrogens is 376 g/mol. The van der Waals surface area contributed by atoms with Gasteiger partial charge in [-0.25, -0.2) is 4.79 Å². The topological polar surface area (TPSA) is 65.6 Å². The molecule has 2 heterocycles. The third-order valence-corrected chi connectivity index (χ3v) is 7.50. The molecule has 2 fully saturated rings. The molecule has 2 N–H and O–H groups in total. The quantitative estimate of drug-likeness (QED) is 0.627. The van der Waals surface area contributed by atoms with Crippen molar-refractivity contribution in [2.24, 2.45) is 17.3 Å². The van der Waals surface area contributed by atoms with Gasteiger partial charge >= 0.3 is 5.97 Å². The molecule has 0 amide bonds. The summed E-state index contributed by atoms with van der Waals surface area (Å²) in [5.41, 5.74) is 5.43. The van der Waals surface area contributed by atoms with Gasteiger partial charge in [0.15, 0.2) is 0 Å². The summed E-state index contributed by atoms with van der Waals surface area (Å²) in [5.74, 6) is 1.30. The van der Waals surface area contributed by atoms with Crippen molar-refractivity contribution in [1.82, 2.24) is 9.88 Å². The SMILES string of the molecule is COc1cc(C)c2[nH]ccc2c1CN1CC2C(C1c1ccc(C(=O)O)cc1)C2(C)C. The Bertz CT molecular complexity index is 1130. The van der Waals surface area contributed by atoms with Crippen LogP contribution >= 0.6 is 0 Å². The largest absolute Gasteiger partial charge is 0.496 e. The fourth-order valence-electron chi connectivity index (χ4n) is 5.74. The minimum absolute atomic E-state index is 0.285. The molecule has 2 aliphatic rings. The lowest BCUT2D eigenvalue weighted by Gasteiger charge is -2.32. The molecule has 0 spiro atoms. The Morgan fingerprint density at radius 3 is 2.67 bits per heavy atom. The Balaban J connectivity index is 1.53. The van der Waals surface area contributed by atoms with Gasteiger partial charge in [-0.2, -0.15) is 0 Å². The number of fused-ring (bicyclic) bond motifs is 2. The summed E-state index contributed by atoms with van der Waals surface area (Å²) in [6.45, 7) is 8.67. The van der Waals surface area contributed by atoms with Crippen molar-refractivity contribution in [3.05, 3.63) is 64.8 Å². The van der Waals surface area contributed by atoms with E-state index < -0.39 is 5.97 Å². The van der Waals surface area contributed by atoms with E-state index in [1.54, 1.807) is 19.2 Å². The second-order valence-corrected chi connectivity index (χ2v) is 9.40. The van der Waals surface area contributed by atoms with E-state index in [0.29, 0.717) is 22.8 Å². The van der Waals surface area contributed by atoms with Crippen LogP contribution in [0.5, 0.6) is 5.75 Å². The van der Waals surface area contributed by atoms with Crippen molar-refractivity contribution in [1.29, 1.82) is 0 Å². The molecule has 156 valence electrons. The van der Waals surface area contributed by atoms with Crippen molar-refractivity contribution in [2.75, 3.05) is 13.7 Å². The third-order valence-electron chi connectivity index (χ3n) is 7.50. The second kappa shape index (κ2) is 6.61. The number of carboxylic acid groups (broad SMARTS) is 1. The number of H-pyrrole nitrogens is 1. The van der Waals surface area contributed by atoms with E-state index in [4.69, 9.17) is 4.74 Å². The van der Waals surface area contributed by atoms with Crippen LogP contribution in [0.15, 0.2) is 42.6 Å². The molecule has 1 aliphatic carbocycles. The first kappa shape index (κ1) is 19.2. The van der Waals surface area contributed by atoms with Crippen LogP contribution in [0.1, 0.15) is 46.9 Å². The molecule has 1 saturated heterocycles. The van der Waals surface area contributed by atoms with Crippen molar-refractivity contribution >= 4 is 16.9 Å². The molecule has 0 radical (unpaired) electrons. The molecule has 2 aromatic carbocycles. The summed E-state index contributed by atoms with van der Waals surface area (Å²) >= 11 is 0. The van der Waals surface area contributed by atoms with Crippen LogP contribution in [0.4, 0.5) is 0 Å². The van der Waals surface area contributed by atoms with Crippen molar-refractivity contribution in [2.45, 2.75) is 33.4 Å². The number of nitrogens with zero attached hydrogens (tertiary/aromatic N) is 1. The van der Waals surface area contributed by atoms with Gasteiger partial charge in [0.1, 0.15) is 5.75 Å². The maximum atomic E-state index is 11.3. The van der Waals surface area contributed by atoms with Gasteiger partial charge in [-0.15, -0.1) is 0 Å². The van der Waals surface area contributed by atoms with E-state index in [1.165, 1.54) is 22.1 Å². The smallest absolute Gasteiger partial charge is 0.335 e. The molecule has 30 heavy (non-hydrogen) atoms. The van der Waals surface area contributed by atoms with Crippen LogP contribution in [0.3, 0.4) is 0 Å². The van der Waals surface area contributed by atoms with Gasteiger partial charge in [0, 0.05) is 41.8 Å². The molecule has 0 bridgehead atoms. The van der Waals surface area contributed by atoms with Gasteiger partial charge in [0.05, 0.1) is 12.7 Å². The van der Waals surface area contributed by atoms with Crippen LogP contribution in [0.2, 0.25) is 0 Å². The van der Waals surface area contributed by atoms with E-state index in [1.807, 2.05) is 18.3 Å². The summed E-state index contributed by atoms with van der Waals surface area (Å²) in [7, 11) is 1.74. The number of methoxy groups -OCH3 is 1. The summed E-state index contributed by atoms with van der Waals surface area (Å²) < 4.78 is 5.77. The number of piperidine rings is 1. The molecule has 3 unspecified atom stereocenters. The number of carbonyl (C=O) groups is 1. The zero-order valence-corrected chi connectivity index (χ0v) is 17.9. The molecule has 1 aliphatic heterocycles. The van der Waals surface area contributed by atoms with Crippen LogP contribution in [0.25, 0.3) is 10.9 Å². The summed E-state index contributed by atoms with van der Waals surface area (Å²) in [5, 5.41) is 10.5. The number of hydrogen-bond acceptors (Lipinski definition) is 3. The molecule has 5 heteroatoms. The van der Waals surface area contributed by atoms with Crippen LogP contribution < -0.4 is 4.74 Å². The lowest BCUT2D eigenvalue weighted by atomic mass is 9.94. The lowest BCUT2D eigenvalue weighted by Crippen LogP contribution is -2.30. The number of rotatable bonds is 5. The molecule has 1 saturated carbocycles. The normalized spacial score (nSPS) is 24.7. The van der Waals surface area contributed by atoms with Crippen LogP contribution in [0, 0.1) is 24.2 Å². The molecule has 3 atom stereocenters. The zero-order chi connectivity index (χ0) is 21.2. The summed E-state index contributed by atoms with van der Waals surface area (Å²) in [4.78, 5) is 17.2. The fourth-order valence-corrected chi connectivity index (χ4v) is 5.74. The Labute approximate surface area is 176 Å². The van der Waals surface area contributed by atoms with Gasteiger partial charge in [0.2, 0.25) is 0 Å². The zero-order valence-electron chi connectivity index (χ0n) is 17.9. The highest BCUT2D eigenvalue weighted by molar-refractivity contribution is 5.88. The number of ether oxygens (including phenoxy) is 1. The molecule has 5 nitrogen and oxygen atoms in total. The maximum Gasteiger partial charge on any atom is 0.335 e. The summed E-state index contributed by atoms with van der Waals surface area (Å²) in [6.07, 6.45) is 1.99. The predicted molar refractivity (Wildman–Crippen MR) is 117 cm³/mol. The number of aromatic carboxylic acids is 1. The summed E-state index contributed by atoms with van der Waals surface area (Å²) in [6, 6.07) is 12.0. The molecule has 3 aromatic rings. The first-order chi connectivity index (χ1) is 14.3. The standard InChI is InChI=1S/C25H28N2O3/c1-14-11-20(30-4)18(17-9-10-26-22(14)17)12-27-13-19-21(25(19,2)3)23(27)15-5-7-16(8-6-15)24(28)29/h5-11,19,21,23,26H,12-13H2,1-4H3,(H,28,29). The number of benzene rings is 2. The van der Waals surface area contributed by atoms with E-state index in [-0.39, 0.29) is 6.04 Å². The van der Waals surface area contributed by atoms with Crippen molar-refractivity contribution in [3.63, 3.8) is 0 Å². The molecular formula is C25H28N2O3. The van der Waals surface area contributed by atoms with Gasteiger partial charge in [-0.05, 0) is 59.6 Å². The molecule has 1 aromatic heterocycles. The number of likely N-dealkylation sites (tertiary alicyclic amines) is 1. The first-order valence-electron chi connectivity index (χ1n) is 10.5. The highest BCUT2D eigenvalue weighted by Crippen LogP contribution is 2.69. The highest BCUT2D eigenvalue weighted by Gasteiger charge is 2.66. The number of aryl methyl sites for hydroxylation is 1. The second-order valence-electron chi connectivity index (χ2n) is 9.40. The third kappa shape index (κ3) is 2.76. The average Bonchev–Trinajstić information content (AvgIpc) is 3.14. The van der Waals surface area contributed by atoms with E-state index in [0.717, 1.165) is 24.4 Å². The molecule has 5 rings (SSSR count). The van der Waals surface area contributed by atoms with Crippen molar-refractivity contribution < 1.29 is 14.6 Å². The van der Waals surface area contributed by atoms with E-state index in [2.05, 4.69) is 42.8 Å². The van der Waals surface area contributed by atoms with E-state index >= 15 is 0 Å². The number of hydrogen-bond donors (Lipinski definition) is 2. The maximum absolute atomic E-state index is 11.3. The number of aromatic amines is 1. The van der Waals surface area contributed by atoms with Crippen LogP contribution in [-0.4, -0.2) is 34.6 Å². The number of nitrogens with one attached hydrogen (secondary N) is 1. The predicted octanol–water partition coefficient (Wildman–Crippen LogP) is 5.01. The van der Waals surface area contributed by atoms with Gasteiger partial charge in [-0.3, -0.25) is 4.90 Å². The van der Waals surface area contributed by atoms with Gasteiger partial charge in [-0.1, -0.05) is 26.0 Å². The van der Waals surface area contributed by atoms with Gasteiger partial charge in [0.25, 0.3) is 0 Å². The first-order valence-corrected chi connectivity index (χ1v) is 10.5. The highest BCUT2D eigenvalue weighted by atomic mass is 16.5. The average molecular weight is 405 g/mol. The number of aromatic nitrogens is 1. The minimum Gasteiger partial charge on any atom is -0.496 e. The lowest BCUT2D eigenvalue weighted by molar-refractivity contribution is 0.0696. The Hall–Kier alpha value is -2.79. The fraction of sp³-hybridized carbons (Fsp3) is 0.400. The van der Waals surface area contributed by atoms with Gasteiger partial charge < -0.3 is 14.8 Å². The van der Waals surface area contributed by atoms with Crippen molar-refractivity contribution in [3.8, 4) is 5.75 Å². The minimum atomic E-state index is -0.881. The Morgan fingerprint density at radius 2 is 2.00 bits per heavy atom. The number of carboxylic acids is 1. The van der Waals surface area contributed by atoms with Crippen LogP contribution in [-0.2, 0) is 6.54 Å². The monoisotopic (exact) mass is 404 g/mol. The Kier molecular flexibility index (Phi) is 4.23.